The number of nitrogens with one attached hydrogen (secondary N) is 1. The molecule has 3 aromatic rings. The molecule has 1 heterocycles. The third kappa shape index (κ3) is 5.44. The fourth-order valence-electron chi connectivity index (χ4n) is 2.81. The maximum Gasteiger partial charge on any atom is 0.275 e. The molecule has 0 unspecified atom stereocenters. The maximum absolute atomic E-state index is 12.4. The highest BCUT2D eigenvalue weighted by molar-refractivity contribution is 9.10. The van der Waals surface area contributed by atoms with Crippen molar-refractivity contribution >= 4 is 33.2 Å². The minimum absolute atomic E-state index is 0.167. The van der Waals surface area contributed by atoms with Crippen LogP contribution in [0.15, 0.2) is 47.1 Å². The lowest BCUT2D eigenvalue weighted by Crippen LogP contribution is -2.15. The van der Waals surface area contributed by atoms with E-state index >= 15 is 0 Å². The highest BCUT2D eigenvalue weighted by Gasteiger charge is 2.14. The Balaban J connectivity index is 1.75. The van der Waals surface area contributed by atoms with Gasteiger partial charge in [-0.15, -0.1) is 0 Å². The van der Waals surface area contributed by atoms with Gasteiger partial charge < -0.3 is 10.1 Å². The molecule has 8 nitrogen and oxygen atoms in total. The van der Waals surface area contributed by atoms with Crippen LogP contribution in [-0.4, -0.2) is 20.6 Å². The summed E-state index contributed by atoms with van der Waals surface area (Å²) in [5.41, 5.74) is 2.88. The summed E-state index contributed by atoms with van der Waals surface area (Å²) in [6, 6.07) is 9.95. The molecule has 0 aliphatic carbocycles. The summed E-state index contributed by atoms with van der Waals surface area (Å²) in [6.07, 6.45) is 1.97. The minimum atomic E-state index is -0.518. The van der Waals surface area contributed by atoms with Crippen molar-refractivity contribution < 1.29 is 14.5 Å². The minimum Gasteiger partial charge on any atom is -0.457 e. The molecule has 0 radical (unpaired) electrons. The van der Waals surface area contributed by atoms with Gasteiger partial charge in [-0.25, -0.2) is 0 Å². The van der Waals surface area contributed by atoms with Gasteiger partial charge in [-0.3, -0.25) is 19.6 Å². The number of benzene rings is 2. The van der Waals surface area contributed by atoms with Crippen molar-refractivity contribution in [2.45, 2.75) is 33.7 Å². The zero-order valence-corrected chi connectivity index (χ0v) is 18.4. The number of nitro benzene ring substituents is 1. The van der Waals surface area contributed by atoms with Crippen molar-refractivity contribution in [1.29, 1.82) is 0 Å². The summed E-state index contributed by atoms with van der Waals surface area (Å²) in [5, 5.41) is 18.3. The van der Waals surface area contributed by atoms with Crippen LogP contribution < -0.4 is 10.1 Å². The normalized spacial score (nSPS) is 10.7. The number of nitro groups is 1. The number of aromatic nitrogens is 2. The Labute approximate surface area is 182 Å². The molecule has 0 saturated carbocycles. The molecule has 156 valence electrons. The number of hydrogen-bond donors (Lipinski definition) is 1. The summed E-state index contributed by atoms with van der Waals surface area (Å²) in [4.78, 5) is 23.2. The van der Waals surface area contributed by atoms with E-state index in [0.29, 0.717) is 18.0 Å². The van der Waals surface area contributed by atoms with Gasteiger partial charge in [-0.2, -0.15) is 5.10 Å². The second kappa shape index (κ2) is 9.08. The molecule has 1 N–H and O–H groups in total. The molecule has 3 rings (SSSR count). The van der Waals surface area contributed by atoms with Crippen molar-refractivity contribution in [3.05, 3.63) is 74.0 Å². The van der Waals surface area contributed by atoms with E-state index in [1.165, 1.54) is 12.1 Å². The van der Waals surface area contributed by atoms with E-state index in [9.17, 15) is 14.9 Å². The highest BCUT2D eigenvalue weighted by atomic mass is 79.9. The Morgan fingerprint density at radius 2 is 2.00 bits per heavy atom. The van der Waals surface area contributed by atoms with Gasteiger partial charge in [0, 0.05) is 31.3 Å². The fourth-order valence-corrected chi connectivity index (χ4v) is 3.13. The van der Waals surface area contributed by atoms with Crippen LogP contribution in [0.25, 0.3) is 0 Å². The number of carbonyl (C=O) groups excluding carboxylic acids is 1. The predicted octanol–water partition coefficient (Wildman–Crippen LogP) is 5.30. The topological polar surface area (TPSA) is 99.3 Å². The van der Waals surface area contributed by atoms with Crippen LogP contribution in [0.5, 0.6) is 11.5 Å². The lowest BCUT2D eigenvalue weighted by Gasteiger charge is -2.12. The van der Waals surface area contributed by atoms with E-state index in [1.807, 2.05) is 39.0 Å². The molecule has 1 amide bonds. The van der Waals surface area contributed by atoms with Gasteiger partial charge in [0.25, 0.3) is 5.69 Å². The summed E-state index contributed by atoms with van der Waals surface area (Å²) in [5.74, 6) is 0.602. The Kier molecular flexibility index (Phi) is 6.51. The average Bonchev–Trinajstić information content (AvgIpc) is 3.00. The van der Waals surface area contributed by atoms with Crippen LogP contribution in [0, 0.1) is 30.9 Å². The largest absolute Gasteiger partial charge is 0.457 e. The van der Waals surface area contributed by atoms with Crippen LogP contribution >= 0.6 is 15.9 Å². The number of carbonyl (C=O) groups is 1. The first-order chi connectivity index (χ1) is 14.2. The molecule has 1 aromatic heterocycles. The number of nitrogens with zero attached hydrogens (tertiary/aromatic N) is 3. The van der Waals surface area contributed by atoms with Crippen LogP contribution in [0.3, 0.4) is 0 Å². The number of anilines is 1. The number of amides is 1. The first-order valence-electron chi connectivity index (χ1n) is 9.25. The standard InChI is InChI=1S/C21H21BrN4O4/c1-13-4-5-14(2)20(8-13)30-18-10-16(9-17(11-18)26(28)29)23-21(27)6-7-25-12-19(22)15(3)24-25/h4-5,8-12H,6-7H2,1-3H3,(H,23,27). The third-order valence-electron chi connectivity index (χ3n) is 4.41. The number of rotatable bonds is 7. The molecule has 0 bridgehead atoms. The molecule has 0 atom stereocenters. The summed E-state index contributed by atoms with van der Waals surface area (Å²) < 4.78 is 8.41. The first kappa shape index (κ1) is 21.5. The van der Waals surface area contributed by atoms with Gasteiger partial charge in [0.1, 0.15) is 11.5 Å². The van der Waals surface area contributed by atoms with Crippen molar-refractivity contribution in [3.63, 3.8) is 0 Å². The van der Waals surface area contributed by atoms with Crippen molar-refractivity contribution in [1.82, 2.24) is 9.78 Å². The van der Waals surface area contributed by atoms with Crippen LogP contribution in [0.1, 0.15) is 23.2 Å². The van der Waals surface area contributed by atoms with Gasteiger partial charge >= 0.3 is 0 Å². The lowest BCUT2D eigenvalue weighted by molar-refractivity contribution is -0.384. The van der Waals surface area contributed by atoms with Gasteiger partial charge in [0.2, 0.25) is 5.91 Å². The summed E-state index contributed by atoms with van der Waals surface area (Å²) in [6.45, 7) is 6.08. The lowest BCUT2D eigenvalue weighted by atomic mass is 10.1. The van der Waals surface area contributed by atoms with Crippen LogP contribution in [0.4, 0.5) is 11.4 Å². The fraction of sp³-hybridized carbons (Fsp3) is 0.238. The molecule has 0 saturated heterocycles. The molecule has 9 heteroatoms. The van der Waals surface area contributed by atoms with Gasteiger partial charge in [0.15, 0.2) is 0 Å². The molecular weight excluding hydrogens is 452 g/mol. The summed E-state index contributed by atoms with van der Waals surface area (Å²) in [7, 11) is 0. The SMILES string of the molecule is Cc1ccc(C)c(Oc2cc(NC(=O)CCn3cc(Br)c(C)n3)cc([N+](=O)[O-])c2)c1. The second-order valence-electron chi connectivity index (χ2n) is 6.97. The molecule has 0 spiro atoms. The average molecular weight is 473 g/mol. The molecular formula is C21H21BrN4O4. The molecule has 0 fully saturated rings. The quantitative estimate of drug-likeness (QED) is 0.371. The third-order valence-corrected chi connectivity index (χ3v) is 5.19. The van der Waals surface area contributed by atoms with Crippen molar-refractivity contribution in [3.8, 4) is 11.5 Å². The van der Waals surface area contributed by atoms with E-state index in [2.05, 4.69) is 26.3 Å². The van der Waals surface area contributed by atoms with Gasteiger partial charge in [0.05, 0.1) is 26.8 Å². The molecule has 0 aliphatic heterocycles. The van der Waals surface area contributed by atoms with Crippen LogP contribution in [0.2, 0.25) is 0 Å². The predicted molar refractivity (Wildman–Crippen MR) is 117 cm³/mol. The number of aryl methyl sites for hydroxylation is 4. The zero-order valence-electron chi connectivity index (χ0n) is 16.8. The highest BCUT2D eigenvalue weighted by Crippen LogP contribution is 2.31. The number of halogens is 1. The van der Waals surface area contributed by atoms with E-state index in [0.717, 1.165) is 21.3 Å². The molecule has 30 heavy (non-hydrogen) atoms. The number of ether oxygens (including phenoxy) is 1. The monoisotopic (exact) mass is 472 g/mol. The van der Waals surface area contributed by atoms with E-state index in [4.69, 9.17) is 4.74 Å². The van der Waals surface area contributed by atoms with Crippen molar-refractivity contribution in [2.75, 3.05) is 5.32 Å². The van der Waals surface area contributed by atoms with Gasteiger partial charge in [-0.1, -0.05) is 12.1 Å². The smallest absolute Gasteiger partial charge is 0.275 e. The van der Waals surface area contributed by atoms with Crippen LogP contribution in [-0.2, 0) is 11.3 Å². The van der Waals surface area contributed by atoms with E-state index in [-0.39, 0.29) is 23.8 Å². The molecule has 0 aliphatic rings. The Morgan fingerprint density at radius 3 is 2.67 bits per heavy atom. The van der Waals surface area contributed by atoms with E-state index in [1.54, 1.807) is 16.9 Å². The van der Waals surface area contributed by atoms with Gasteiger partial charge in [-0.05, 0) is 53.9 Å². The number of hydrogen-bond acceptors (Lipinski definition) is 5. The van der Waals surface area contributed by atoms with Crippen molar-refractivity contribution in [2.24, 2.45) is 0 Å². The maximum atomic E-state index is 12.4. The Bertz CT molecular complexity index is 1090. The Hall–Kier alpha value is -3.20. The summed E-state index contributed by atoms with van der Waals surface area (Å²) >= 11 is 3.38. The zero-order chi connectivity index (χ0) is 21.8. The first-order valence-corrected chi connectivity index (χ1v) is 10.0. The molecule has 2 aromatic carbocycles. The Morgan fingerprint density at radius 1 is 1.23 bits per heavy atom. The second-order valence-corrected chi connectivity index (χ2v) is 7.82. The van der Waals surface area contributed by atoms with E-state index < -0.39 is 4.92 Å². The number of non-ortho nitro benzene ring substituents is 1.